The lowest BCUT2D eigenvalue weighted by atomic mass is 10.1. The van der Waals surface area contributed by atoms with Crippen LogP contribution in [0.4, 0.5) is 4.79 Å². The fraction of sp³-hybridized carbons (Fsp3) is 0.824. The Morgan fingerprint density at radius 1 is 1.11 bits per heavy atom. The molecule has 10 nitrogen and oxygen atoms in total. The van der Waals surface area contributed by atoms with Gasteiger partial charge >= 0.3 is 18.1 Å². The summed E-state index contributed by atoms with van der Waals surface area (Å²) in [6, 6.07) is 0. The monoisotopic (exact) mass is 432 g/mol. The number of carbonyl (C=O) groups is 3. The van der Waals surface area contributed by atoms with E-state index < -0.39 is 36.6 Å². The van der Waals surface area contributed by atoms with E-state index in [-0.39, 0.29) is 26.1 Å². The average Bonchev–Trinajstić information content (AvgIpc) is 2.60. The van der Waals surface area contributed by atoms with Gasteiger partial charge in [0.2, 0.25) is 0 Å². The average molecular weight is 433 g/mol. The van der Waals surface area contributed by atoms with Gasteiger partial charge in [-0.2, -0.15) is 0 Å². The van der Waals surface area contributed by atoms with Crippen LogP contribution in [0.15, 0.2) is 0 Å². The number of aliphatic carboxylic acids is 1. The van der Waals surface area contributed by atoms with Crippen LogP contribution in [0.5, 0.6) is 0 Å². The number of hydrogen-bond donors (Lipinski definition) is 4. The highest BCUT2D eigenvalue weighted by Gasteiger charge is 2.27. The molecule has 0 amide bonds. The lowest BCUT2D eigenvalue weighted by molar-refractivity contribution is -0.178. The fourth-order valence-corrected chi connectivity index (χ4v) is 1.39. The van der Waals surface area contributed by atoms with E-state index >= 15 is 0 Å². The summed E-state index contributed by atoms with van der Waals surface area (Å²) in [5.41, 5.74) is 0. The van der Waals surface area contributed by atoms with Crippen LogP contribution in [0, 0.1) is 0 Å². The van der Waals surface area contributed by atoms with Crippen molar-refractivity contribution in [2.24, 2.45) is 0 Å². The Labute approximate surface area is 170 Å². The minimum Gasteiger partial charge on any atom is -0.481 e. The highest BCUT2D eigenvalue weighted by Crippen LogP contribution is 2.12. The number of carboxylic acids is 1. The minimum atomic E-state index is -1.56. The molecular formula is C17H33ClO10. The van der Waals surface area contributed by atoms with Gasteiger partial charge in [-0.05, 0) is 19.8 Å². The number of carboxylic acid groups (broad SMARTS) is 2. The molecule has 0 spiro atoms. The Morgan fingerprint density at radius 2 is 1.61 bits per heavy atom. The predicted octanol–water partition coefficient (Wildman–Crippen LogP) is 2.22. The molecule has 3 unspecified atom stereocenters. The maximum atomic E-state index is 10.7. The van der Waals surface area contributed by atoms with Crippen molar-refractivity contribution in [2.45, 2.75) is 71.9 Å². The van der Waals surface area contributed by atoms with E-state index in [2.05, 4.69) is 4.74 Å². The molecule has 0 radical (unpaired) electrons. The van der Waals surface area contributed by atoms with Crippen LogP contribution in [0.25, 0.3) is 0 Å². The second-order valence-electron chi connectivity index (χ2n) is 5.35. The standard InChI is InChI=1S/C11H20O8.C3H7Cl.C3H6O2/c1-7(18-8(2)13)6-9(19-11(15)16)10(14)17-5-3-4-12;1-2-3-4;1-2-3(4)5/h7,9-10,12,14H,3-6H2,1-2H3,(H,15,16);2-3H2,1H3;2H2,1H3,(H,4,5). The van der Waals surface area contributed by atoms with E-state index in [1.165, 1.54) is 6.92 Å². The summed E-state index contributed by atoms with van der Waals surface area (Å²) in [7, 11) is 0. The van der Waals surface area contributed by atoms with Crippen molar-refractivity contribution >= 4 is 29.7 Å². The van der Waals surface area contributed by atoms with Crippen LogP contribution in [0.1, 0.15) is 53.4 Å². The number of carbonyl (C=O) groups excluding carboxylic acids is 1. The van der Waals surface area contributed by atoms with Gasteiger partial charge in [0.25, 0.3) is 0 Å². The molecular weight excluding hydrogens is 400 g/mol. The SMILES string of the molecule is CC(=O)OC(C)CC(OC(=O)O)C(O)OCCCO.CCC(=O)O.CCCCl. The molecule has 0 aromatic heterocycles. The summed E-state index contributed by atoms with van der Waals surface area (Å²) < 4.78 is 14.2. The molecule has 0 aliphatic heterocycles. The third kappa shape index (κ3) is 26.6. The molecule has 3 atom stereocenters. The highest BCUT2D eigenvalue weighted by molar-refractivity contribution is 6.17. The number of ether oxygens (including phenoxy) is 3. The van der Waals surface area contributed by atoms with Gasteiger partial charge in [0.15, 0.2) is 12.4 Å². The van der Waals surface area contributed by atoms with E-state index in [1.54, 1.807) is 13.8 Å². The number of halogens is 1. The molecule has 0 heterocycles. The Bertz CT molecular complexity index is 403. The molecule has 0 rings (SSSR count). The van der Waals surface area contributed by atoms with Crippen molar-refractivity contribution in [3.8, 4) is 0 Å². The first-order valence-corrected chi connectivity index (χ1v) is 9.33. The zero-order chi connectivity index (χ0) is 22.5. The summed E-state index contributed by atoms with van der Waals surface area (Å²) in [5.74, 6) is -0.470. The van der Waals surface area contributed by atoms with E-state index in [4.69, 9.17) is 36.4 Å². The Balaban J connectivity index is -0.000000575. The predicted molar refractivity (Wildman–Crippen MR) is 101 cm³/mol. The largest absolute Gasteiger partial charge is 0.506 e. The van der Waals surface area contributed by atoms with Gasteiger partial charge in [0.1, 0.15) is 6.10 Å². The zero-order valence-corrected chi connectivity index (χ0v) is 17.6. The molecule has 0 saturated carbocycles. The molecule has 0 aliphatic carbocycles. The molecule has 0 saturated heterocycles. The molecule has 28 heavy (non-hydrogen) atoms. The first-order valence-electron chi connectivity index (χ1n) is 8.80. The van der Waals surface area contributed by atoms with Crippen molar-refractivity contribution in [1.29, 1.82) is 0 Å². The van der Waals surface area contributed by atoms with Gasteiger partial charge in [0.05, 0.1) is 6.61 Å². The number of aliphatic hydroxyl groups excluding tert-OH is 2. The van der Waals surface area contributed by atoms with Crippen LogP contribution in [0.3, 0.4) is 0 Å². The van der Waals surface area contributed by atoms with Gasteiger partial charge < -0.3 is 34.6 Å². The van der Waals surface area contributed by atoms with Gasteiger partial charge in [-0.15, -0.1) is 11.6 Å². The summed E-state index contributed by atoms with van der Waals surface area (Å²) in [6.45, 7) is 6.35. The number of rotatable bonds is 11. The summed E-state index contributed by atoms with van der Waals surface area (Å²) in [6.07, 6.45) is -3.28. The fourth-order valence-electron chi connectivity index (χ4n) is 1.39. The molecule has 0 aliphatic rings. The Kier molecular flexibility index (Phi) is 24.1. The normalized spacial score (nSPS) is 12.8. The molecule has 4 N–H and O–H groups in total. The maximum absolute atomic E-state index is 10.7. The molecule has 0 bridgehead atoms. The van der Waals surface area contributed by atoms with E-state index in [0.29, 0.717) is 6.42 Å². The number of esters is 1. The Morgan fingerprint density at radius 3 is 1.93 bits per heavy atom. The second-order valence-corrected chi connectivity index (χ2v) is 5.73. The minimum absolute atomic E-state index is 0.0355. The molecule has 11 heteroatoms. The van der Waals surface area contributed by atoms with Crippen LogP contribution < -0.4 is 0 Å². The van der Waals surface area contributed by atoms with Gasteiger partial charge in [-0.25, -0.2) is 4.79 Å². The topological polar surface area (TPSA) is 160 Å². The van der Waals surface area contributed by atoms with Crippen molar-refractivity contribution in [3.05, 3.63) is 0 Å². The van der Waals surface area contributed by atoms with E-state index in [1.807, 2.05) is 6.92 Å². The lowest BCUT2D eigenvalue weighted by Crippen LogP contribution is -2.36. The number of alkyl halides is 1. The van der Waals surface area contributed by atoms with Crippen LogP contribution in [0.2, 0.25) is 0 Å². The summed E-state index contributed by atoms with van der Waals surface area (Å²) in [5, 5.41) is 34.5. The molecule has 0 fully saturated rings. The Hall–Kier alpha value is -1.62. The van der Waals surface area contributed by atoms with Crippen molar-refractivity contribution in [2.75, 3.05) is 19.1 Å². The number of hydrogen-bond acceptors (Lipinski definition) is 8. The van der Waals surface area contributed by atoms with Crippen LogP contribution in [-0.4, -0.2) is 76.1 Å². The van der Waals surface area contributed by atoms with Gasteiger partial charge in [-0.1, -0.05) is 13.8 Å². The first-order chi connectivity index (χ1) is 13.0. The smallest absolute Gasteiger partial charge is 0.481 e. The van der Waals surface area contributed by atoms with Crippen LogP contribution >= 0.6 is 11.6 Å². The highest BCUT2D eigenvalue weighted by atomic mass is 35.5. The third-order valence-electron chi connectivity index (χ3n) is 2.58. The summed E-state index contributed by atoms with van der Waals surface area (Å²) >= 11 is 5.19. The summed E-state index contributed by atoms with van der Waals surface area (Å²) in [4.78, 5) is 30.6. The molecule has 168 valence electrons. The van der Waals surface area contributed by atoms with E-state index in [0.717, 1.165) is 12.3 Å². The van der Waals surface area contributed by atoms with Crippen molar-refractivity contribution in [1.82, 2.24) is 0 Å². The quantitative estimate of drug-likeness (QED) is 0.165. The second kappa shape index (κ2) is 21.7. The lowest BCUT2D eigenvalue weighted by Gasteiger charge is -2.24. The molecule has 0 aromatic rings. The van der Waals surface area contributed by atoms with Gasteiger partial charge in [-0.3, -0.25) is 9.59 Å². The molecule has 0 aromatic carbocycles. The third-order valence-corrected chi connectivity index (χ3v) is 2.96. The van der Waals surface area contributed by atoms with Crippen LogP contribution in [-0.2, 0) is 23.8 Å². The van der Waals surface area contributed by atoms with E-state index in [9.17, 15) is 19.5 Å². The zero-order valence-electron chi connectivity index (χ0n) is 16.8. The number of aliphatic hydroxyl groups is 2. The first kappa shape index (κ1) is 31.1. The van der Waals surface area contributed by atoms with Gasteiger partial charge in [0, 0.05) is 32.3 Å². The van der Waals surface area contributed by atoms with Crippen molar-refractivity contribution in [3.63, 3.8) is 0 Å². The van der Waals surface area contributed by atoms with Crippen molar-refractivity contribution < 1.29 is 49.0 Å². The maximum Gasteiger partial charge on any atom is 0.506 e.